The average Bonchev–Trinajstić information content (AvgIpc) is 3.17. The Morgan fingerprint density at radius 3 is 2.48 bits per heavy atom. The third-order valence-electron chi connectivity index (χ3n) is 5.41. The van der Waals surface area contributed by atoms with Gasteiger partial charge in [-0.3, -0.25) is 4.79 Å². The molecule has 1 fully saturated rings. The Morgan fingerprint density at radius 2 is 1.79 bits per heavy atom. The van der Waals surface area contributed by atoms with E-state index >= 15 is 0 Å². The van der Waals surface area contributed by atoms with Gasteiger partial charge in [-0.25, -0.2) is 0 Å². The highest BCUT2D eigenvalue weighted by molar-refractivity contribution is 5.79. The van der Waals surface area contributed by atoms with E-state index in [1.807, 2.05) is 24.3 Å². The first-order valence-corrected chi connectivity index (χ1v) is 10.2. The van der Waals surface area contributed by atoms with E-state index in [0.717, 1.165) is 49.1 Å². The molecule has 2 aromatic carbocycles. The van der Waals surface area contributed by atoms with Crippen LogP contribution in [0, 0.1) is 5.92 Å². The number of nitrogens with zero attached hydrogens (tertiary/aromatic N) is 3. The number of para-hydroxylation sites is 2. The molecule has 0 radical (unpaired) electrons. The van der Waals surface area contributed by atoms with Gasteiger partial charge in [-0.1, -0.05) is 36.4 Å². The van der Waals surface area contributed by atoms with Crippen LogP contribution in [-0.2, 0) is 17.9 Å². The maximum Gasteiger partial charge on any atom is 0.298 e. The van der Waals surface area contributed by atoms with Crippen LogP contribution in [0.3, 0.4) is 0 Å². The third-order valence-corrected chi connectivity index (χ3v) is 5.41. The molecule has 3 aromatic rings. The number of hydrogen-bond acceptors (Lipinski definition) is 5. The molecule has 1 amide bonds. The topological polar surface area (TPSA) is 61.6 Å². The monoisotopic (exact) mass is 392 g/mol. The van der Waals surface area contributed by atoms with Crippen LogP contribution in [0.1, 0.15) is 24.0 Å². The highest BCUT2D eigenvalue weighted by Crippen LogP contribution is 2.26. The molecule has 152 valence electrons. The standard InChI is InChI=1S/C23H28N4O2/c1-26(2)16-18-9-7-17(8-10-18)15-24-22(28)19-11-13-27(14-12-19)23-25-20-5-3-4-6-21(20)29-23/h3-10,19H,11-16H2,1-2H3,(H,24,28). The Balaban J connectivity index is 1.26. The Kier molecular flexibility index (Phi) is 5.81. The van der Waals surface area contributed by atoms with E-state index in [1.54, 1.807) is 0 Å². The Bertz CT molecular complexity index is 923. The maximum atomic E-state index is 12.6. The molecular weight excluding hydrogens is 364 g/mol. The van der Waals surface area contributed by atoms with Crippen molar-refractivity contribution in [2.75, 3.05) is 32.1 Å². The first kappa shape index (κ1) is 19.5. The van der Waals surface area contributed by atoms with Gasteiger partial charge in [-0.15, -0.1) is 0 Å². The molecule has 4 rings (SSSR count). The van der Waals surface area contributed by atoms with Crippen LogP contribution in [0.5, 0.6) is 0 Å². The van der Waals surface area contributed by atoms with Gasteiger partial charge in [-0.2, -0.15) is 4.98 Å². The van der Waals surface area contributed by atoms with E-state index < -0.39 is 0 Å². The molecule has 0 aliphatic carbocycles. The molecule has 0 saturated carbocycles. The zero-order valence-corrected chi connectivity index (χ0v) is 17.1. The predicted octanol–water partition coefficient (Wildman–Crippen LogP) is 3.42. The van der Waals surface area contributed by atoms with Crippen LogP contribution >= 0.6 is 0 Å². The minimum absolute atomic E-state index is 0.0450. The van der Waals surface area contributed by atoms with Crippen LogP contribution in [0.25, 0.3) is 11.1 Å². The number of aromatic nitrogens is 1. The number of oxazole rings is 1. The quantitative estimate of drug-likeness (QED) is 0.696. The summed E-state index contributed by atoms with van der Waals surface area (Å²) in [4.78, 5) is 21.4. The van der Waals surface area contributed by atoms with Gasteiger partial charge in [0.15, 0.2) is 5.58 Å². The van der Waals surface area contributed by atoms with Gasteiger partial charge in [0.25, 0.3) is 6.01 Å². The van der Waals surface area contributed by atoms with E-state index in [1.165, 1.54) is 5.56 Å². The summed E-state index contributed by atoms with van der Waals surface area (Å²) in [6.45, 7) is 3.06. The summed E-state index contributed by atoms with van der Waals surface area (Å²) in [5.41, 5.74) is 4.08. The van der Waals surface area contributed by atoms with Crippen molar-refractivity contribution in [1.29, 1.82) is 0 Å². The van der Waals surface area contributed by atoms with E-state index in [4.69, 9.17) is 4.42 Å². The third kappa shape index (κ3) is 4.77. The van der Waals surface area contributed by atoms with Crippen molar-refractivity contribution in [3.05, 3.63) is 59.7 Å². The number of rotatable bonds is 6. The molecule has 29 heavy (non-hydrogen) atoms. The van der Waals surface area contributed by atoms with Gasteiger partial charge in [-0.05, 0) is 50.2 Å². The van der Waals surface area contributed by atoms with Crippen molar-refractivity contribution in [1.82, 2.24) is 15.2 Å². The summed E-state index contributed by atoms with van der Waals surface area (Å²) >= 11 is 0. The Hall–Kier alpha value is -2.86. The smallest absolute Gasteiger partial charge is 0.298 e. The van der Waals surface area contributed by atoms with E-state index in [9.17, 15) is 4.79 Å². The fraction of sp³-hybridized carbons (Fsp3) is 0.391. The van der Waals surface area contributed by atoms with Gasteiger partial charge in [0.1, 0.15) is 5.52 Å². The number of fused-ring (bicyclic) bond motifs is 1. The highest BCUT2D eigenvalue weighted by atomic mass is 16.4. The zero-order valence-electron chi connectivity index (χ0n) is 17.1. The summed E-state index contributed by atoms with van der Waals surface area (Å²) in [7, 11) is 4.12. The first-order valence-electron chi connectivity index (χ1n) is 10.2. The molecule has 1 N–H and O–H groups in total. The lowest BCUT2D eigenvalue weighted by Gasteiger charge is -2.30. The van der Waals surface area contributed by atoms with Gasteiger partial charge in [0, 0.05) is 32.1 Å². The van der Waals surface area contributed by atoms with Crippen molar-refractivity contribution in [3.63, 3.8) is 0 Å². The number of hydrogen-bond donors (Lipinski definition) is 1. The molecule has 2 heterocycles. The molecular formula is C23H28N4O2. The number of nitrogens with one attached hydrogen (secondary N) is 1. The molecule has 6 heteroatoms. The molecule has 6 nitrogen and oxygen atoms in total. The highest BCUT2D eigenvalue weighted by Gasteiger charge is 2.27. The zero-order chi connectivity index (χ0) is 20.2. The normalized spacial score (nSPS) is 15.2. The van der Waals surface area contributed by atoms with Crippen LogP contribution in [0.4, 0.5) is 6.01 Å². The van der Waals surface area contributed by atoms with Crippen LogP contribution in [0.2, 0.25) is 0 Å². The number of benzene rings is 2. The summed E-state index contributed by atoms with van der Waals surface area (Å²) in [5.74, 6) is 0.184. The summed E-state index contributed by atoms with van der Waals surface area (Å²) < 4.78 is 5.85. The number of amides is 1. The molecule has 0 spiro atoms. The number of carbonyl (C=O) groups is 1. The van der Waals surface area contributed by atoms with Crippen LogP contribution < -0.4 is 10.2 Å². The lowest BCUT2D eigenvalue weighted by molar-refractivity contribution is -0.125. The van der Waals surface area contributed by atoms with Crippen molar-refractivity contribution in [2.24, 2.45) is 5.92 Å². The second-order valence-electron chi connectivity index (χ2n) is 8.00. The van der Waals surface area contributed by atoms with Gasteiger partial charge < -0.3 is 19.5 Å². The summed E-state index contributed by atoms with van der Waals surface area (Å²) in [6.07, 6.45) is 1.62. The van der Waals surface area contributed by atoms with Crippen molar-refractivity contribution < 1.29 is 9.21 Å². The minimum atomic E-state index is 0.0450. The molecule has 1 saturated heterocycles. The number of anilines is 1. The SMILES string of the molecule is CN(C)Cc1ccc(CNC(=O)C2CCN(c3nc4ccccc4o3)CC2)cc1. The summed E-state index contributed by atoms with van der Waals surface area (Å²) in [5, 5.41) is 3.10. The van der Waals surface area contributed by atoms with Gasteiger partial charge >= 0.3 is 0 Å². The number of piperidine rings is 1. The molecule has 1 aliphatic rings. The molecule has 1 aromatic heterocycles. The first-order chi connectivity index (χ1) is 14.1. The maximum absolute atomic E-state index is 12.6. The lowest BCUT2D eigenvalue weighted by Crippen LogP contribution is -2.40. The van der Waals surface area contributed by atoms with Crippen LogP contribution in [0.15, 0.2) is 52.9 Å². The van der Waals surface area contributed by atoms with E-state index in [-0.39, 0.29) is 11.8 Å². The van der Waals surface area contributed by atoms with E-state index in [2.05, 4.69) is 58.5 Å². The fourth-order valence-corrected chi connectivity index (χ4v) is 3.79. The second-order valence-corrected chi connectivity index (χ2v) is 8.00. The van der Waals surface area contributed by atoms with Crippen molar-refractivity contribution in [3.8, 4) is 0 Å². The van der Waals surface area contributed by atoms with Crippen molar-refractivity contribution >= 4 is 23.0 Å². The van der Waals surface area contributed by atoms with Crippen molar-refractivity contribution in [2.45, 2.75) is 25.9 Å². The lowest BCUT2D eigenvalue weighted by atomic mass is 9.96. The predicted molar refractivity (Wildman–Crippen MR) is 115 cm³/mol. The second kappa shape index (κ2) is 8.66. The Labute approximate surface area is 171 Å². The molecule has 0 atom stereocenters. The molecule has 0 unspecified atom stereocenters. The number of carbonyl (C=O) groups excluding carboxylic acids is 1. The van der Waals surface area contributed by atoms with Gasteiger partial charge in [0.2, 0.25) is 5.91 Å². The largest absolute Gasteiger partial charge is 0.423 e. The van der Waals surface area contributed by atoms with Crippen LogP contribution in [-0.4, -0.2) is 43.0 Å². The molecule has 1 aliphatic heterocycles. The Morgan fingerprint density at radius 1 is 1.10 bits per heavy atom. The fourth-order valence-electron chi connectivity index (χ4n) is 3.79. The summed E-state index contributed by atoms with van der Waals surface area (Å²) in [6, 6.07) is 16.9. The molecule has 0 bridgehead atoms. The van der Waals surface area contributed by atoms with Gasteiger partial charge in [0.05, 0.1) is 0 Å². The van der Waals surface area contributed by atoms with E-state index in [0.29, 0.717) is 12.6 Å². The minimum Gasteiger partial charge on any atom is -0.423 e. The average molecular weight is 393 g/mol.